The summed E-state index contributed by atoms with van der Waals surface area (Å²) in [6.07, 6.45) is 0. The molecule has 2 aromatic rings. The van der Waals surface area contributed by atoms with E-state index >= 15 is 0 Å². The highest BCUT2D eigenvalue weighted by molar-refractivity contribution is 5.88. The highest BCUT2D eigenvalue weighted by atomic mass is 16.5. The molecule has 1 heterocycles. The van der Waals surface area contributed by atoms with Gasteiger partial charge >= 0.3 is 17.6 Å². The van der Waals surface area contributed by atoms with E-state index < -0.39 is 17.6 Å². The maximum Gasteiger partial charge on any atom is 0.342 e. The van der Waals surface area contributed by atoms with E-state index in [9.17, 15) is 14.4 Å². The van der Waals surface area contributed by atoms with Gasteiger partial charge in [-0.1, -0.05) is 0 Å². The van der Waals surface area contributed by atoms with Gasteiger partial charge < -0.3 is 13.9 Å². The summed E-state index contributed by atoms with van der Waals surface area (Å²) in [4.78, 5) is 33.7. The number of rotatable bonds is 2. The highest BCUT2D eigenvalue weighted by Gasteiger charge is 2.15. The number of fused-ring (bicyclic) bond motifs is 1. The summed E-state index contributed by atoms with van der Waals surface area (Å²) >= 11 is 0. The fourth-order valence-corrected chi connectivity index (χ4v) is 1.75. The van der Waals surface area contributed by atoms with Crippen molar-refractivity contribution in [3.8, 4) is 11.5 Å². The minimum absolute atomic E-state index is 0.151. The maximum atomic E-state index is 11.7. The SMILES string of the molecule is CC(=O)Oc1ccc2c(OC(C)=O)c(C)c(=O)oc2c1. The normalized spacial score (nSPS) is 10.3. The summed E-state index contributed by atoms with van der Waals surface area (Å²) in [5.74, 6) is -0.632. The van der Waals surface area contributed by atoms with E-state index in [-0.39, 0.29) is 22.6 Å². The lowest BCUT2D eigenvalue weighted by Crippen LogP contribution is -2.10. The summed E-state index contributed by atoms with van der Waals surface area (Å²) in [6.45, 7) is 4.01. The fraction of sp³-hybridized carbons (Fsp3) is 0.214. The minimum atomic E-state index is -0.617. The third-order valence-electron chi connectivity index (χ3n) is 2.55. The van der Waals surface area contributed by atoms with Crippen LogP contribution in [-0.4, -0.2) is 11.9 Å². The van der Waals surface area contributed by atoms with E-state index in [4.69, 9.17) is 13.9 Å². The lowest BCUT2D eigenvalue weighted by molar-refractivity contribution is -0.132. The van der Waals surface area contributed by atoms with Gasteiger partial charge in [0, 0.05) is 19.9 Å². The van der Waals surface area contributed by atoms with Crippen LogP contribution in [0.5, 0.6) is 11.5 Å². The van der Waals surface area contributed by atoms with Gasteiger partial charge in [-0.25, -0.2) is 4.79 Å². The Balaban J connectivity index is 2.66. The van der Waals surface area contributed by atoms with E-state index in [0.717, 1.165) is 0 Å². The molecule has 1 aromatic carbocycles. The summed E-state index contributed by atoms with van der Waals surface area (Å²) < 4.78 is 15.1. The van der Waals surface area contributed by atoms with Crippen LogP contribution in [0, 0.1) is 6.92 Å². The van der Waals surface area contributed by atoms with Crippen LogP contribution < -0.4 is 15.1 Å². The average Bonchev–Trinajstić information content (AvgIpc) is 2.33. The number of hydrogen-bond acceptors (Lipinski definition) is 6. The average molecular weight is 276 g/mol. The van der Waals surface area contributed by atoms with Crippen molar-refractivity contribution in [1.29, 1.82) is 0 Å². The van der Waals surface area contributed by atoms with Crippen LogP contribution in [0.4, 0.5) is 0 Å². The first kappa shape index (κ1) is 13.8. The molecule has 0 saturated carbocycles. The third kappa shape index (κ3) is 2.69. The lowest BCUT2D eigenvalue weighted by atomic mass is 10.1. The molecule has 0 aliphatic rings. The molecule has 0 bridgehead atoms. The Hall–Kier alpha value is -2.63. The van der Waals surface area contributed by atoms with Crippen molar-refractivity contribution >= 4 is 22.9 Å². The number of esters is 2. The summed E-state index contributed by atoms with van der Waals surface area (Å²) in [5, 5.41) is 0.452. The number of ether oxygens (including phenoxy) is 2. The van der Waals surface area contributed by atoms with Crippen molar-refractivity contribution < 1.29 is 23.5 Å². The molecule has 6 heteroatoms. The molecule has 0 fully saturated rings. The first-order valence-corrected chi connectivity index (χ1v) is 5.83. The quantitative estimate of drug-likeness (QED) is 0.473. The van der Waals surface area contributed by atoms with Crippen molar-refractivity contribution in [3.05, 3.63) is 34.2 Å². The molecule has 0 aliphatic carbocycles. The van der Waals surface area contributed by atoms with Gasteiger partial charge in [0.05, 0.1) is 10.9 Å². The Morgan fingerprint density at radius 3 is 2.35 bits per heavy atom. The predicted molar refractivity (Wildman–Crippen MR) is 69.8 cm³/mol. The van der Waals surface area contributed by atoms with Crippen LogP contribution in [0.15, 0.2) is 27.4 Å². The van der Waals surface area contributed by atoms with Crippen LogP contribution in [-0.2, 0) is 9.59 Å². The molecule has 0 atom stereocenters. The zero-order chi connectivity index (χ0) is 14.9. The van der Waals surface area contributed by atoms with Crippen molar-refractivity contribution in [2.24, 2.45) is 0 Å². The molecular weight excluding hydrogens is 264 g/mol. The second-order valence-electron chi connectivity index (χ2n) is 4.19. The largest absolute Gasteiger partial charge is 0.427 e. The van der Waals surface area contributed by atoms with Gasteiger partial charge in [0.15, 0.2) is 5.75 Å². The number of carbonyl (C=O) groups excluding carboxylic acids is 2. The Morgan fingerprint density at radius 1 is 1.10 bits per heavy atom. The van der Waals surface area contributed by atoms with Gasteiger partial charge in [0.2, 0.25) is 0 Å². The Bertz CT molecular complexity index is 756. The molecule has 20 heavy (non-hydrogen) atoms. The highest BCUT2D eigenvalue weighted by Crippen LogP contribution is 2.30. The Labute approximate surface area is 113 Å². The maximum absolute atomic E-state index is 11.7. The first-order valence-electron chi connectivity index (χ1n) is 5.83. The van der Waals surface area contributed by atoms with Crippen molar-refractivity contribution in [2.75, 3.05) is 0 Å². The van der Waals surface area contributed by atoms with Crippen LogP contribution in [0.1, 0.15) is 19.4 Å². The van der Waals surface area contributed by atoms with Gasteiger partial charge in [-0.3, -0.25) is 9.59 Å². The van der Waals surface area contributed by atoms with Crippen LogP contribution in [0.3, 0.4) is 0 Å². The van der Waals surface area contributed by atoms with E-state index in [1.165, 1.54) is 32.9 Å². The third-order valence-corrected chi connectivity index (χ3v) is 2.55. The molecule has 1 aromatic heterocycles. The van der Waals surface area contributed by atoms with Gasteiger partial charge in [0.1, 0.15) is 11.3 Å². The van der Waals surface area contributed by atoms with Crippen molar-refractivity contribution in [2.45, 2.75) is 20.8 Å². The number of hydrogen-bond donors (Lipinski definition) is 0. The van der Waals surface area contributed by atoms with Crippen LogP contribution in [0.2, 0.25) is 0 Å². The molecule has 6 nitrogen and oxygen atoms in total. The molecule has 0 N–H and O–H groups in total. The van der Waals surface area contributed by atoms with E-state index in [1.807, 2.05) is 0 Å². The summed E-state index contributed by atoms with van der Waals surface area (Å²) in [5.41, 5.74) is -0.239. The second kappa shape index (κ2) is 5.16. The van der Waals surface area contributed by atoms with Gasteiger partial charge in [-0.15, -0.1) is 0 Å². The van der Waals surface area contributed by atoms with Crippen molar-refractivity contribution in [1.82, 2.24) is 0 Å². The fourth-order valence-electron chi connectivity index (χ4n) is 1.75. The van der Waals surface area contributed by atoms with Crippen LogP contribution in [0.25, 0.3) is 11.0 Å². The van der Waals surface area contributed by atoms with Gasteiger partial charge in [-0.2, -0.15) is 0 Å². The molecule has 104 valence electrons. The number of carbonyl (C=O) groups is 2. The zero-order valence-corrected chi connectivity index (χ0v) is 11.2. The van der Waals surface area contributed by atoms with E-state index in [1.54, 1.807) is 6.07 Å². The van der Waals surface area contributed by atoms with Crippen LogP contribution >= 0.6 is 0 Å². The molecule has 0 unspecified atom stereocenters. The second-order valence-corrected chi connectivity index (χ2v) is 4.19. The molecular formula is C14H12O6. The molecule has 0 amide bonds. The van der Waals surface area contributed by atoms with E-state index in [2.05, 4.69) is 0 Å². The van der Waals surface area contributed by atoms with Gasteiger partial charge in [0.25, 0.3) is 0 Å². The van der Waals surface area contributed by atoms with Crippen molar-refractivity contribution in [3.63, 3.8) is 0 Å². The monoisotopic (exact) mass is 276 g/mol. The summed E-state index contributed by atoms with van der Waals surface area (Å²) in [7, 11) is 0. The minimum Gasteiger partial charge on any atom is -0.427 e. The molecule has 0 aliphatic heterocycles. The molecule has 0 spiro atoms. The topological polar surface area (TPSA) is 82.8 Å². The van der Waals surface area contributed by atoms with E-state index in [0.29, 0.717) is 5.39 Å². The summed E-state index contributed by atoms with van der Waals surface area (Å²) in [6, 6.07) is 4.47. The first-order chi connectivity index (χ1) is 9.38. The molecule has 2 rings (SSSR count). The lowest BCUT2D eigenvalue weighted by Gasteiger charge is -2.09. The zero-order valence-electron chi connectivity index (χ0n) is 11.2. The molecule has 0 saturated heterocycles. The van der Waals surface area contributed by atoms with Gasteiger partial charge in [-0.05, 0) is 19.1 Å². The molecule has 0 radical (unpaired) electrons. The standard InChI is InChI=1S/C14H12O6/c1-7-13(19-9(3)16)11-5-4-10(18-8(2)15)6-12(11)20-14(7)17/h4-6H,1-3H3. The smallest absolute Gasteiger partial charge is 0.342 e. The number of benzene rings is 1. The predicted octanol–water partition coefficient (Wildman–Crippen LogP) is 1.95. The Morgan fingerprint density at radius 2 is 1.75 bits per heavy atom. The Kier molecular flexibility index (Phi) is 3.56.